The summed E-state index contributed by atoms with van der Waals surface area (Å²) in [6.45, 7) is 0.818. The van der Waals surface area contributed by atoms with Crippen LogP contribution in [-0.4, -0.2) is 23.2 Å². The molecule has 1 amide bonds. The van der Waals surface area contributed by atoms with Crippen LogP contribution < -0.4 is 19.5 Å². The van der Waals surface area contributed by atoms with Gasteiger partial charge in [-0.1, -0.05) is 66.7 Å². The maximum Gasteiger partial charge on any atom is 0.273 e. The molecular weight excluding hydrogens is 478 g/mol. The van der Waals surface area contributed by atoms with Gasteiger partial charge in [0, 0.05) is 23.4 Å². The molecule has 0 atom stereocenters. The summed E-state index contributed by atoms with van der Waals surface area (Å²) in [5, 5.41) is 10.1. The van der Waals surface area contributed by atoms with Crippen LogP contribution in [0.2, 0.25) is 0 Å². The Labute approximate surface area is 221 Å². The summed E-state index contributed by atoms with van der Waals surface area (Å²) < 4.78 is 17.5. The minimum absolute atomic E-state index is 0.313. The van der Waals surface area contributed by atoms with Crippen LogP contribution in [0.15, 0.2) is 109 Å². The normalized spacial score (nSPS) is 10.6. The Kier molecular flexibility index (Phi) is 7.65. The average molecular weight is 506 g/mol. The Morgan fingerprint density at radius 3 is 2.18 bits per heavy atom. The van der Waals surface area contributed by atoms with Crippen molar-refractivity contribution in [1.29, 1.82) is 0 Å². The van der Waals surface area contributed by atoms with Crippen LogP contribution in [0.25, 0.3) is 11.3 Å². The zero-order chi connectivity index (χ0) is 26.2. The first-order valence-electron chi connectivity index (χ1n) is 12.2. The molecule has 0 bridgehead atoms. The van der Waals surface area contributed by atoms with Crippen LogP contribution in [0.4, 0.5) is 5.69 Å². The number of rotatable bonds is 10. The number of carbonyl (C=O) groups is 1. The Balaban J connectivity index is 1.37. The molecule has 1 aromatic heterocycles. The van der Waals surface area contributed by atoms with E-state index < -0.39 is 0 Å². The van der Waals surface area contributed by atoms with Gasteiger partial charge in [0.05, 0.1) is 12.8 Å². The summed E-state index contributed by atoms with van der Waals surface area (Å²) in [7, 11) is 1.58. The highest BCUT2D eigenvalue weighted by Gasteiger charge is 2.16. The van der Waals surface area contributed by atoms with E-state index in [0.29, 0.717) is 47.5 Å². The number of aromatic amines is 1. The molecule has 0 saturated carbocycles. The SMILES string of the molecule is COc1cccc(NC(=O)c2cc(-c3ccc(OCc4ccccc4)cc3OCc3ccccc3)n[nH]2)c1. The van der Waals surface area contributed by atoms with Crippen molar-refractivity contribution in [3.05, 3.63) is 126 Å². The Morgan fingerprint density at radius 2 is 1.47 bits per heavy atom. The topological polar surface area (TPSA) is 85.5 Å². The van der Waals surface area contributed by atoms with Crippen molar-refractivity contribution in [2.45, 2.75) is 13.2 Å². The average Bonchev–Trinajstić information content (AvgIpc) is 3.47. The first-order valence-corrected chi connectivity index (χ1v) is 12.2. The van der Waals surface area contributed by atoms with Crippen LogP contribution in [0.3, 0.4) is 0 Å². The predicted molar refractivity (Wildman–Crippen MR) is 147 cm³/mol. The van der Waals surface area contributed by atoms with E-state index in [9.17, 15) is 4.79 Å². The molecule has 0 unspecified atom stereocenters. The number of H-pyrrole nitrogens is 1. The van der Waals surface area contributed by atoms with Gasteiger partial charge in [0.15, 0.2) is 0 Å². The Hall–Kier alpha value is -5.04. The molecule has 4 aromatic carbocycles. The van der Waals surface area contributed by atoms with E-state index >= 15 is 0 Å². The number of nitrogens with one attached hydrogen (secondary N) is 2. The van der Waals surface area contributed by atoms with Gasteiger partial charge in [0.25, 0.3) is 5.91 Å². The number of anilines is 1. The first-order chi connectivity index (χ1) is 18.7. The molecule has 0 aliphatic heterocycles. The highest BCUT2D eigenvalue weighted by atomic mass is 16.5. The number of benzene rings is 4. The highest BCUT2D eigenvalue weighted by molar-refractivity contribution is 6.03. The Morgan fingerprint density at radius 1 is 0.763 bits per heavy atom. The molecule has 0 fully saturated rings. The number of hydrogen-bond acceptors (Lipinski definition) is 5. The van der Waals surface area contributed by atoms with Crippen molar-refractivity contribution in [2.24, 2.45) is 0 Å². The molecule has 0 saturated heterocycles. The van der Waals surface area contributed by atoms with Gasteiger partial charge in [0.2, 0.25) is 0 Å². The molecule has 190 valence electrons. The van der Waals surface area contributed by atoms with E-state index in [0.717, 1.165) is 16.7 Å². The summed E-state index contributed by atoms with van der Waals surface area (Å²) in [5.41, 5.74) is 4.37. The first kappa shape index (κ1) is 24.6. The highest BCUT2D eigenvalue weighted by Crippen LogP contribution is 2.34. The third kappa shape index (κ3) is 6.20. The second-order valence-electron chi connectivity index (χ2n) is 8.56. The second-order valence-corrected chi connectivity index (χ2v) is 8.56. The zero-order valence-corrected chi connectivity index (χ0v) is 20.9. The van der Waals surface area contributed by atoms with Gasteiger partial charge in [-0.3, -0.25) is 9.89 Å². The molecule has 2 N–H and O–H groups in total. The van der Waals surface area contributed by atoms with E-state index in [4.69, 9.17) is 14.2 Å². The molecule has 0 radical (unpaired) electrons. The summed E-state index contributed by atoms with van der Waals surface area (Å²) in [6.07, 6.45) is 0. The fourth-order valence-corrected chi connectivity index (χ4v) is 3.87. The molecule has 38 heavy (non-hydrogen) atoms. The third-order valence-electron chi connectivity index (χ3n) is 5.86. The van der Waals surface area contributed by atoms with Gasteiger partial charge in [-0.05, 0) is 41.5 Å². The molecule has 7 heteroatoms. The van der Waals surface area contributed by atoms with Crippen LogP contribution in [0.1, 0.15) is 21.6 Å². The van der Waals surface area contributed by atoms with Gasteiger partial charge in [0.1, 0.15) is 36.2 Å². The van der Waals surface area contributed by atoms with Crippen LogP contribution in [0, 0.1) is 0 Å². The number of hydrogen-bond donors (Lipinski definition) is 2. The van der Waals surface area contributed by atoms with E-state index in [1.54, 1.807) is 25.3 Å². The molecule has 5 aromatic rings. The van der Waals surface area contributed by atoms with Crippen molar-refractivity contribution < 1.29 is 19.0 Å². The molecule has 1 heterocycles. The van der Waals surface area contributed by atoms with Gasteiger partial charge < -0.3 is 19.5 Å². The second kappa shape index (κ2) is 11.8. The molecule has 5 rings (SSSR count). The maximum absolute atomic E-state index is 12.9. The molecule has 7 nitrogen and oxygen atoms in total. The van der Waals surface area contributed by atoms with E-state index in [1.807, 2.05) is 91.0 Å². The molecule has 0 aliphatic carbocycles. The van der Waals surface area contributed by atoms with Crippen molar-refractivity contribution in [1.82, 2.24) is 10.2 Å². The van der Waals surface area contributed by atoms with Gasteiger partial charge in [-0.15, -0.1) is 0 Å². The summed E-state index contributed by atoms with van der Waals surface area (Å²) in [4.78, 5) is 12.9. The molecule has 0 spiro atoms. The van der Waals surface area contributed by atoms with E-state index in [-0.39, 0.29) is 5.91 Å². The largest absolute Gasteiger partial charge is 0.497 e. The van der Waals surface area contributed by atoms with Crippen molar-refractivity contribution >= 4 is 11.6 Å². The smallest absolute Gasteiger partial charge is 0.273 e. The lowest BCUT2D eigenvalue weighted by molar-refractivity contribution is 0.102. The lowest BCUT2D eigenvalue weighted by atomic mass is 10.1. The monoisotopic (exact) mass is 505 g/mol. The third-order valence-corrected chi connectivity index (χ3v) is 5.86. The standard InChI is InChI=1S/C31H27N3O4/c1-36-25-14-8-13-24(17-25)32-31(35)29-19-28(33-34-29)27-16-15-26(37-20-22-9-4-2-5-10-22)18-30(27)38-21-23-11-6-3-7-12-23/h2-19H,20-21H2,1H3,(H,32,35)(H,33,34). The predicted octanol–water partition coefficient (Wildman–Crippen LogP) is 6.50. The fraction of sp³-hybridized carbons (Fsp3) is 0.0968. The van der Waals surface area contributed by atoms with Crippen molar-refractivity contribution in [2.75, 3.05) is 12.4 Å². The van der Waals surface area contributed by atoms with Gasteiger partial charge in [-0.2, -0.15) is 5.10 Å². The van der Waals surface area contributed by atoms with Crippen LogP contribution in [-0.2, 0) is 13.2 Å². The number of amides is 1. The lowest BCUT2D eigenvalue weighted by Crippen LogP contribution is -2.12. The van der Waals surface area contributed by atoms with Crippen LogP contribution in [0.5, 0.6) is 17.2 Å². The fourth-order valence-electron chi connectivity index (χ4n) is 3.87. The minimum Gasteiger partial charge on any atom is -0.497 e. The number of methoxy groups -OCH3 is 1. The van der Waals surface area contributed by atoms with Crippen molar-refractivity contribution in [3.63, 3.8) is 0 Å². The Bertz CT molecular complexity index is 1500. The lowest BCUT2D eigenvalue weighted by Gasteiger charge is -2.13. The van der Waals surface area contributed by atoms with Gasteiger partial charge in [-0.25, -0.2) is 0 Å². The summed E-state index contributed by atoms with van der Waals surface area (Å²) >= 11 is 0. The number of nitrogens with zero attached hydrogens (tertiary/aromatic N) is 1. The number of ether oxygens (including phenoxy) is 3. The summed E-state index contributed by atoms with van der Waals surface area (Å²) in [6, 6.07) is 34.4. The van der Waals surface area contributed by atoms with Crippen molar-refractivity contribution in [3.8, 4) is 28.5 Å². The minimum atomic E-state index is -0.313. The van der Waals surface area contributed by atoms with E-state index in [1.165, 1.54) is 0 Å². The maximum atomic E-state index is 12.9. The zero-order valence-electron chi connectivity index (χ0n) is 20.9. The van der Waals surface area contributed by atoms with Gasteiger partial charge >= 0.3 is 0 Å². The quantitative estimate of drug-likeness (QED) is 0.226. The molecular formula is C31H27N3O4. The summed E-state index contributed by atoms with van der Waals surface area (Å²) in [5.74, 6) is 1.62. The number of aromatic nitrogens is 2. The van der Waals surface area contributed by atoms with Crippen LogP contribution >= 0.6 is 0 Å². The van der Waals surface area contributed by atoms with E-state index in [2.05, 4.69) is 15.5 Å². The molecule has 0 aliphatic rings. The number of carbonyl (C=O) groups excluding carboxylic acids is 1.